The molecule has 0 unspecified atom stereocenters. The molecule has 0 aromatic heterocycles. The molecule has 1 amide bonds. The van der Waals surface area contributed by atoms with Gasteiger partial charge >= 0.3 is 8.68 Å². The first-order chi connectivity index (χ1) is 14.4. The van der Waals surface area contributed by atoms with Crippen LogP contribution < -0.4 is 15.2 Å². The number of benzene rings is 2. The van der Waals surface area contributed by atoms with E-state index in [0.29, 0.717) is 36.8 Å². The second-order valence-electron chi connectivity index (χ2n) is 7.61. The fraction of sp³-hybridized carbons (Fsp3) is 0.381. The standard InChI is InChI=1S/C21H21ClF2N2O3Si/c22-14-1-6-18-17(13-14)21(19(27)25-18)7-9-26(10-8-21)11-12-29-15-2-4-16(5-3-15)30(28)20(23)24/h1-6,13,20H,7-12H2,(H,25,27). The molecule has 1 N–H and O–H groups in total. The zero-order valence-corrected chi connectivity index (χ0v) is 17.9. The minimum Gasteiger partial charge on any atom is -0.492 e. The number of hydrogen-bond acceptors (Lipinski definition) is 4. The Labute approximate surface area is 179 Å². The van der Waals surface area contributed by atoms with Crippen LogP contribution in [-0.2, 0) is 14.7 Å². The fourth-order valence-electron chi connectivity index (χ4n) is 4.17. The van der Waals surface area contributed by atoms with Crippen molar-refractivity contribution in [2.24, 2.45) is 0 Å². The van der Waals surface area contributed by atoms with Gasteiger partial charge < -0.3 is 14.5 Å². The smallest absolute Gasteiger partial charge is 0.384 e. The van der Waals surface area contributed by atoms with Crippen molar-refractivity contribution in [1.82, 2.24) is 4.90 Å². The highest BCUT2D eigenvalue weighted by Gasteiger charge is 2.48. The van der Waals surface area contributed by atoms with Gasteiger partial charge in [-0.05, 0) is 61.8 Å². The highest BCUT2D eigenvalue weighted by Crippen LogP contribution is 2.45. The summed E-state index contributed by atoms with van der Waals surface area (Å²) in [4.78, 5) is 14.9. The average molecular weight is 451 g/mol. The Bertz CT molecular complexity index is 963. The van der Waals surface area contributed by atoms with E-state index in [1.807, 2.05) is 12.1 Å². The van der Waals surface area contributed by atoms with Crippen LogP contribution in [0.25, 0.3) is 0 Å². The van der Waals surface area contributed by atoms with Gasteiger partial charge in [0.25, 0.3) is 6.05 Å². The lowest BCUT2D eigenvalue weighted by Gasteiger charge is -2.37. The van der Waals surface area contributed by atoms with Crippen molar-refractivity contribution >= 4 is 37.1 Å². The van der Waals surface area contributed by atoms with Gasteiger partial charge in [-0.3, -0.25) is 9.69 Å². The van der Waals surface area contributed by atoms with Crippen LogP contribution in [0.5, 0.6) is 5.75 Å². The Balaban J connectivity index is 1.30. The normalized spacial score (nSPS) is 17.8. The number of fused-ring (bicyclic) bond motifs is 2. The predicted octanol–water partition coefficient (Wildman–Crippen LogP) is 3.14. The molecular formula is C21H21ClF2N2O3Si. The van der Waals surface area contributed by atoms with Gasteiger partial charge in [-0.15, -0.1) is 0 Å². The highest BCUT2D eigenvalue weighted by atomic mass is 35.5. The summed E-state index contributed by atoms with van der Waals surface area (Å²) in [6, 6.07) is 8.68. The number of halogens is 3. The predicted molar refractivity (Wildman–Crippen MR) is 111 cm³/mol. The van der Waals surface area contributed by atoms with Gasteiger partial charge in [0.1, 0.15) is 12.4 Å². The number of hydrogen-bond donors (Lipinski definition) is 1. The van der Waals surface area contributed by atoms with Gasteiger partial charge in [-0.2, -0.15) is 0 Å². The molecule has 0 saturated carbocycles. The first-order valence-electron chi connectivity index (χ1n) is 9.78. The van der Waals surface area contributed by atoms with Crippen molar-refractivity contribution in [1.29, 1.82) is 0 Å². The molecule has 158 valence electrons. The van der Waals surface area contributed by atoms with Gasteiger partial charge in [0.05, 0.1) is 5.41 Å². The molecule has 0 radical (unpaired) electrons. The number of carbonyl (C=O) groups is 1. The second kappa shape index (κ2) is 8.53. The van der Waals surface area contributed by atoms with Crippen molar-refractivity contribution in [3.63, 3.8) is 0 Å². The van der Waals surface area contributed by atoms with Crippen molar-refractivity contribution in [3.8, 4) is 5.75 Å². The topological polar surface area (TPSA) is 58.6 Å². The van der Waals surface area contributed by atoms with Crippen molar-refractivity contribution in [2.75, 3.05) is 31.6 Å². The maximum atomic E-state index is 12.7. The number of nitrogens with zero attached hydrogens (tertiary/aromatic N) is 1. The van der Waals surface area contributed by atoms with E-state index in [1.165, 1.54) is 12.1 Å². The van der Waals surface area contributed by atoms with Crippen LogP contribution in [0.15, 0.2) is 42.5 Å². The monoisotopic (exact) mass is 450 g/mol. The molecule has 2 heterocycles. The number of anilines is 1. The Hall–Kier alpha value is -2.16. The van der Waals surface area contributed by atoms with Gasteiger partial charge in [0, 0.05) is 22.4 Å². The summed E-state index contributed by atoms with van der Waals surface area (Å²) in [6.07, 6.45) is 1.42. The van der Waals surface area contributed by atoms with Gasteiger partial charge in [-0.1, -0.05) is 23.7 Å². The van der Waals surface area contributed by atoms with Crippen molar-refractivity contribution in [2.45, 2.75) is 24.3 Å². The Morgan fingerprint density at radius 3 is 2.53 bits per heavy atom. The van der Waals surface area contributed by atoms with Gasteiger partial charge in [0.2, 0.25) is 5.91 Å². The third-order valence-corrected chi connectivity index (χ3v) is 7.44. The molecule has 0 bridgehead atoms. The van der Waals surface area contributed by atoms with Crippen LogP contribution in [0.3, 0.4) is 0 Å². The Morgan fingerprint density at radius 1 is 1.17 bits per heavy atom. The van der Waals surface area contributed by atoms with E-state index in [9.17, 15) is 18.0 Å². The Morgan fingerprint density at radius 2 is 1.87 bits per heavy atom. The molecular weight excluding hydrogens is 430 g/mol. The molecule has 1 fully saturated rings. The largest absolute Gasteiger partial charge is 0.492 e. The molecule has 4 rings (SSSR count). The van der Waals surface area contributed by atoms with Crippen LogP contribution in [0.4, 0.5) is 14.5 Å². The molecule has 2 aromatic carbocycles. The molecule has 2 aliphatic heterocycles. The van der Waals surface area contributed by atoms with E-state index < -0.39 is 20.1 Å². The number of piperidine rings is 1. The zero-order chi connectivity index (χ0) is 21.3. The van der Waals surface area contributed by atoms with Crippen molar-refractivity contribution < 1.29 is 22.8 Å². The number of nitrogens with one attached hydrogen (secondary N) is 1. The Kier molecular flexibility index (Phi) is 5.99. The van der Waals surface area contributed by atoms with E-state index in [0.717, 1.165) is 24.3 Å². The van der Waals surface area contributed by atoms with Crippen LogP contribution in [0.2, 0.25) is 5.02 Å². The molecule has 2 aromatic rings. The van der Waals surface area contributed by atoms with Crippen LogP contribution in [0, 0.1) is 0 Å². The fourth-order valence-corrected chi connectivity index (χ4v) is 5.09. The highest BCUT2D eigenvalue weighted by molar-refractivity contribution is 6.60. The first kappa shape index (κ1) is 21.1. The van der Waals surface area contributed by atoms with Gasteiger partial charge in [0.15, 0.2) is 0 Å². The third kappa shape index (κ3) is 4.04. The van der Waals surface area contributed by atoms with E-state index >= 15 is 0 Å². The van der Waals surface area contributed by atoms with Crippen molar-refractivity contribution in [3.05, 3.63) is 53.1 Å². The lowest BCUT2D eigenvalue weighted by atomic mass is 9.73. The number of amides is 1. The maximum absolute atomic E-state index is 12.7. The minimum atomic E-state index is -3.06. The van der Waals surface area contributed by atoms with Gasteiger partial charge in [-0.25, -0.2) is 8.78 Å². The number of carbonyl (C=O) groups excluding carboxylic acids is 1. The summed E-state index contributed by atoms with van der Waals surface area (Å²) >= 11 is 6.15. The summed E-state index contributed by atoms with van der Waals surface area (Å²) in [5, 5.41) is 3.76. The van der Waals surface area contributed by atoms with Crippen LogP contribution in [-0.4, -0.2) is 51.8 Å². The lowest BCUT2D eigenvalue weighted by Crippen LogP contribution is -2.47. The third-order valence-electron chi connectivity index (χ3n) is 5.90. The second-order valence-corrected chi connectivity index (χ2v) is 9.78. The molecule has 1 spiro atoms. The summed E-state index contributed by atoms with van der Waals surface area (Å²) in [6.45, 7) is 2.65. The number of likely N-dealkylation sites (tertiary alicyclic amines) is 1. The first-order valence-corrected chi connectivity index (χ1v) is 11.6. The molecule has 0 aliphatic carbocycles. The molecule has 9 heteroatoms. The maximum Gasteiger partial charge on any atom is 0.384 e. The van der Waals surface area contributed by atoms with E-state index in [1.54, 1.807) is 18.2 Å². The van der Waals surface area contributed by atoms with Crippen LogP contribution in [0.1, 0.15) is 18.4 Å². The molecule has 5 nitrogen and oxygen atoms in total. The summed E-state index contributed by atoms with van der Waals surface area (Å²) < 4.78 is 42.2. The number of alkyl halides is 2. The zero-order valence-electron chi connectivity index (χ0n) is 16.2. The molecule has 2 aliphatic rings. The van der Waals surface area contributed by atoms with E-state index in [2.05, 4.69) is 10.2 Å². The molecule has 1 saturated heterocycles. The number of ether oxygens (including phenoxy) is 1. The minimum absolute atomic E-state index is 0.0406. The quantitative estimate of drug-likeness (QED) is 0.687. The average Bonchev–Trinajstić information content (AvgIpc) is 3.00. The van der Waals surface area contributed by atoms with E-state index in [4.69, 9.17) is 16.3 Å². The SMILES string of the molecule is O=C1Nc2ccc(Cl)cc2C12CCN(CCOc1ccc([Si](=O)C(F)F)cc1)CC2. The summed E-state index contributed by atoms with van der Waals surface area (Å²) in [5.74, 6) is 0.592. The van der Waals surface area contributed by atoms with Crippen LogP contribution >= 0.6 is 11.6 Å². The summed E-state index contributed by atoms with van der Waals surface area (Å²) in [5.41, 5.74) is 1.31. The summed E-state index contributed by atoms with van der Waals surface area (Å²) in [7, 11) is -3.06. The lowest BCUT2D eigenvalue weighted by molar-refractivity contribution is -0.122. The van der Waals surface area contributed by atoms with E-state index in [-0.39, 0.29) is 11.1 Å². The number of rotatable bonds is 6. The molecule has 30 heavy (non-hydrogen) atoms. The molecule has 0 atom stereocenters.